The van der Waals surface area contributed by atoms with Crippen LogP contribution in [0.2, 0.25) is 0 Å². The van der Waals surface area contributed by atoms with E-state index in [1.54, 1.807) is 7.11 Å². The molecule has 3 fully saturated rings. The van der Waals surface area contributed by atoms with Crippen molar-refractivity contribution in [1.29, 1.82) is 0 Å². The maximum absolute atomic E-state index is 12.6. The molecule has 0 aliphatic heterocycles. The number of hydrogen-bond donors (Lipinski definition) is 0. The van der Waals surface area contributed by atoms with E-state index in [2.05, 4.69) is 27.7 Å². The first-order valence-electron chi connectivity index (χ1n) is 9.91. The van der Waals surface area contributed by atoms with E-state index in [1.165, 1.54) is 44.9 Å². The van der Waals surface area contributed by atoms with Gasteiger partial charge in [0.25, 0.3) is 0 Å². The molecule has 0 saturated heterocycles. The fourth-order valence-corrected chi connectivity index (χ4v) is 6.89. The highest BCUT2D eigenvalue weighted by Gasteiger charge is 2.59. The summed E-state index contributed by atoms with van der Waals surface area (Å²) in [6, 6.07) is 0. The molecule has 3 rings (SSSR count). The van der Waals surface area contributed by atoms with Crippen LogP contribution in [-0.2, 0) is 9.53 Å². The molecule has 0 aromatic carbocycles. The van der Waals surface area contributed by atoms with Gasteiger partial charge in [0, 0.05) is 0 Å². The lowest BCUT2D eigenvalue weighted by molar-refractivity contribution is -0.173. The summed E-state index contributed by atoms with van der Waals surface area (Å²) in [6.07, 6.45) is 10.2. The van der Waals surface area contributed by atoms with Crippen molar-refractivity contribution in [3.8, 4) is 0 Å². The van der Waals surface area contributed by atoms with Gasteiger partial charge in [-0.05, 0) is 80.5 Å². The maximum atomic E-state index is 12.6. The van der Waals surface area contributed by atoms with Crippen molar-refractivity contribution in [3.63, 3.8) is 0 Å². The molecule has 0 bridgehead atoms. The Morgan fingerprint density at radius 2 is 1.74 bits per heavy atom. The lowest BCUT2D eigenvalue weighted by atomic mass is 9.45. The predicted molar refractivity (Wildman–Crippen MR) is 94.0 cm³/mol. The van der Waals surface area contributed by atoms with Crippen molar-refractivity contribution in [1.82, 2.24) is 0 Å². The van der Waals surface area contributed by atoms with Gasteiger partial charge in [0.05, 0.1) is 12.5 Å². The molecule has 0 amide bonds. The van der Waals surface area contributed by atoms with E-state index < -0.39 is 0 Å². The Bertz CT molecular complexity index is 459. The number of rotatable bonds is 1. The molecule has 2 nitrogen and oxygen atoms in total. The summed E-state index contributed by atoms with van der Waals surface area (Å²) in [4.78, 5) is 12.6. The number of hydrogen-bond acceptors (Lipinski definition) is 2. The third kappa shape index (κ3) is 2.65. The molecule has 0 aromatic heterocycles. The highest BCUT2D eigenvalue weighted by Crippen LogP contribution is 2.64. The van der Waals surface area contributed by atoms with Crippen LogP contribution in [0.5, 0.6) is 0 Å². The summed E-state index contributed by atoms with van der Waals surface area (Å²) in [5, 5.41) is 0. The zero-order valence-electron chi connectivity index (χ0n) is 15.9. The Balaban J connectivity index is 1.92. The van der Waals surface area contributed by atoms with E-state index in [4.69, 9.17) is 4.74 Å². The summed E-state index contributed by atoms with van der Waals surface area (Å²) >= 11 is 0. The van der Waals surface area contributed by atoms with Crippen molar-refractivity contribution < 1.29 is 9.53 Å². The molecule has 7 atom stereocenters. The number of fused-ring (bicyclic) bond motifs is 3. The summed E-state index contributed by atoms with van der Waals surface area (Å²) in [5.74, 6) is 3.98. The van der Waals surface area contributed by atoms with Gasteiger partial charge in [0.1, 0.15) is 0 Å². The number of esters is 1. The van der Waals surface area contributed by atoms with E-state index in [0.717, 1.165) is 30.1 Å². The molecule has 132 valence electrons. The van der Waals surface area contributed by atoms with Crippen LogP contribution in [-0.4, -0.2) is 13.1 Å². The van der Waals surface area contributed by atoms with Crippen molar-refractivity contribution in [2.24, 2.45) is 40.4 Å². The van der Waals surface area contributed by atoms with Crippen LogP contribution in [0.25, 0.3) is 0 Å². The smallest absolute Gasteiger partial charge is 0.311 e. The second-order valence-corrected chi connectivity index (χ2v) is 9.53. The standard InChI is InChI=1S/C21H36O2/c1-14-7-9-17-16(13-15(14)2)8-10-18-20(17,3)11-6-12-21(18,4)19(22)23-5/h14-18H,6-13H2,1-5H3/t14?,15?,16-,17-,18+,20+,21+/m0/s1. The zero-order valence-corrected chi connectivity index (χ0v) is 15.9. The van der Waals surface area contributed by atoms with Crippen molar-refractivity contribution in [2.75, 3.05) is 7.11 Å². The molecule has 23 heavy (non-hydrogen) atoms. The molecule has 0 aromatic rings. The van der Waals surface area contributed by atoms with Crippen LogP contribution in [0, 0.1) is 40.4 Å². The first-order chi connectivity index (χ1) is 10.8. The van der Waals surface area contributed by atoms with E-state index in [9.17, 15) is 4.79 Å². The molecular formula is C21H36O2. The number of ether oxygens (including phenoxy) is 1. The molecule has 3 saturated carbocycles. The van der Waals surface area contributed by atoms with Gasteiger partial charge in [-0.25, -0.2) is 0 Å². The molecule has 0 spiro atoms. The van der Waals surface area contributed by atoms with Crippen LogP contribution < -0.4 is 0 Å². The number of carbonyl (C=O) groups is 1. The molecule has 2 heteroatoms. The summed E-state index contributed by atoms with van der Waals surface area (Å²) in [5.41, 5.74) is 0.0874. The second-order valence-electron chi connectivity index (χ2n) is 9.53. The van der Waals surface area contributed by atoms with E-state index in [1.807, 2.05) is 0 Å². The third-order valence-corrected chi connectivity index (χ3v) is 8.45. The second kappa shape index (κ2) is 6.08. The predicted octanol–water partition coefficient (Wildman–Crippen LogP) is 5.45. The Kier molecular flexibility index (Phi) is 4.57. The highest BCUT2D eigenvalue weighted by atomic mass is 16.5. The average molecular weight is 321 g/mol. The third-order valence-electron chi connectivity index (χ3n) is 8.45. The molecule has 2 unspecified atom stereocenters. The zero-order chi connectivity index (χ0) is 16.8. The van der Waals surface area contributed by atoms with Gasteiger partial charge in [0.2, 0.25) is 0 Å². The monoisotopic (exact) mass is 320 g/mol. The first-order valence-corrected chi connectivity index (χ1v) is 9.91. The van der Waals surface area contributed by atoms with Crippen molar-refractivity contribution in [2.45, 2.75) is 79.1 Å². The van der Waals surface area contributed by atoms with Crippen LogP contribution in [0.15, 0.2) is 0 Å². The quantitative estimate of drug-likeness (QED) is 0.600. The van der Waals surface area contributed by atoms with Crippen LogP contribution in [0.1, 0.15) is 79.1 Å². The SMILES string of the molecule is COC(=O)[C@]1(C)CCC[C@@]2(C)[C@H]1CC[C@H]1CC(C)C(C)CC[C@@H]12. The Morgan fingerprint density at radius 3 is 2.43 bits per heavy atom. The Labute approximate surface area is 142 Å². The highest BCUT2D eigenvalue weighted by molar-refractivity contribution is 5.77. The maximum Gasteiger partial charge on any atom is 0.311 e. The average Bonchev–Trinajstić information content (AvgIpc) is 2.66. The van der Waals surface area contributed by atoms with Crippen LogP contribution >= 0.6 is 0 Å². The minimum atomic E-state index is -0.254. The minimum Gasteiger partial charge on any atom is -0.469 e. The van der Waals surface area contributed by atoms with Gasteiger partial charge in [0.15, 0.2) is 0 Å². The fourth-order valence-electron chi connectivity index (χ4n) is 6.89. The van der Waals surface area contributed by atoms with Gasteiger partial charge in [-0.1, -0.05) is 33.6 Å². The first kappa shape index (κ1) is 17.3. The molecule has 0 N–H and O–H groups in total. The molecular weight excluding hydrogens is 284 g/mol. The van der Waals surface area contributed by atoms with Gasteiger partial charge >= 0.3 is 5.97 Å². The van der Waals surface area contributed by atoms with Crippen molar-refractivity contribution in [3.05, 3.63) is 0 Å². The van der Waals surface area contributed by atoms with E-state index in [0.29, 0.717) is 11.3 Å². The summed E-state index contributed by atoms with van der Waals surface area (Å²) < 4.78 is 5.24. The van der Waals surface area contributed by atoms with Gasteiger partial charge in [-0.2, -0.15) is 0 Å². The fraction of sp³-hybridized carbons (Fsp3) is 0.952. The van der Waals surface area contributed by atoms with Gasteiger partial charge in [-0.15, -0.1) is 0 Å². The van der Waals surface area contributed by atoms with Crippen LogP contribution in [0.3, 0.4) is 0 Å². The largest absolute Gasteiger partial charge is 0.469 e. The molecule has 0 heterocycles. The Morgan fingerprint density at radius 1 is 1.00 bits per heavy atom. The van der Waals surface area contributed by atoms with Gasteiger partial charge < -0.3 is 4.74 Å². The van der Waals surface area contributed by atoms with E-state index >= 15 is 0 Å². The summed E-state index contributed by atoms with van der Waals surface area (Å²) in [7, 11) is 1.57. The molecule has 0 radical (unpaired) electrons. The van der Waals surface area contributed by atoms with Crippen molar-refractivity contribution >= 4 is 5.97 Å². The summed E-state index contributed by atoms with van der Waals surface area (Å²) in [6.45, 7) is 9.63. The molecule has 3 aliphatic carbocycles. The lowest BCUT2D eigenvalue weighted by Gasteiger charge is -2.59. The number of methoxy groups -OCH3 is 1. The molecule has 3 aliphatic rings. The minimum absolute atomic E-state index is 0.0437. The lowest BCUT2D eigenvalue weighted by Crippen LogP contribution is -2.55. The topological polar surface area (TPSA) is 26.3 Å². The Hall–Kier alpha value is -0.530. The van der Waals surface area contributed by atoms with E-state index in [-0.39, 0.29) is 11.4 Å². The van der Waals surface area contributed by atoms with Gasteiger partial charge in [-0.3, -0.25) is 4.79 Å². The normalized spacial score (nSPS) is 50.4. The number of carbonyl (C=O) groups excluding carboxylic acids is 1. The van der Waals surface area contributed by atoms with Crippen LogP contribution in [0.4, 0.5) is 0 Å².